The highest BCUT2D eigenvalue weighted by molar-refractivity contribution is 5.56. The lowest BCUT2D eigenvalue weighted by atomic mass is 9.67. The van der Waals surface area contributed by atoms with Gasteiger partial charge in [-0.15, -0.1) is 0 Å². The molecule has 2 aromatic carbocycles. The quantitative estimate of drug-likeness (QED) is 0.492. The van der Waals surface area contributed by atoms with Gasteiger partial charge in [0.25, 0.3) is 0 Å². The number of fused-ring (bicyclic) bond motifs is 1. The molecule has 1 N–H and O–H groups in total. The van der Waals surface area contributed by atoms with Crippen molar-refractivity contribution in [3.8, 4) is 5.75 Å². The molecular weight excluding hydrogens is 382 g/mol. The van der Waals surface area contributed by atoms with Gasteiger partial charge in [-0.1, -0.05) is 29.8 Å². The van der Waals surface area contributed by atoms with Crippen molar-refractivity contribution >= 4 is 12.0 Å². The summed E-state index contributed by atoms with van der Waals surface area (Å²) in [5, 5.41) is 10.0. The summed E-state index contributed by atoms with van der Waals surface area (Å²) >= 11 is 0. The number of benzene rings is 2. The number of nitrogens with zero attached hydrogens (tertiary/aromatic N) is 1. The standard InChI is InChI=1S/C28H33NO2/c30-19-20-14-16-29(17-15-20)24-9-6-22(7-10-24)28-26(21-4-2-1-3-5-21)12-8-23-18-25(31)11-13-27(23)28/h4,6-7,9-11,13,18-20,26,28,31H,1-3,5,8,12,14-17H2/t26-,28+/m0/s1. The van der Waals surface area contributed by atoms with E-state index in [2.05, 4.69) is 41.3 Å². The molecule has 0 bridgehead atoms. The maximum Gasteiger partial charge on any atom is 0.123 e. The molecular formula is C28H33NO2. The van der Waals surface area contributed by atoms with Crippen LogP contribution in [0.4, 0.5) is 5.69 Å². The number of phenols is 1. The van der Waals surface area contributed by atoms with Crippen LogP contribution in [0.5, 0.6) is 5.75 Å². The third-order valence-electron chi connectivity index (χ3n) is 7.74. The first kappa shape index (κ1) is 20.4. The molecule has 0 amide bonds. The highest BCUT2D eigenvalue weighted by atomic mass is 16.3. The second kappa shape index (κ2) is 8.90. The monoisotopic (exact) mass is 415 g/mol. The lowest BCUT2D eigenvalue weighted by Crippen LogP contribution is -2.34. The maximum atomic E-state index is 11.1. The number of aryl methyl sites for hydroxylation is 1. The summed E-state index contributed by atoms with van der Waals surface area (Å²) in [6.07, 6.45) is 12.8. The van der Waals surface area contributed by atoms with Gasteiger partial charge in [-0.25, -0.2) is 0 Å². The van der Waals surface area contributed by atoms with Gasteiger partial charge < -0.3 is 14.8 Å². The average Bonchev–Trinajstić information content (AvgIpc) is 2.84. The fraction of sp³-hybridized carbons (Fsp3) is 0.464. The molecule has 2 aliphatic carbocycles. The first-order chi connectivity index (χ1) is 15.2. The van der Waals surface area contributed by atoms with E-state index < -0.39 is 0 Å². The zero-order chi connectivity index (χ0) is 21.2. The average molecular weight is 416 g/mol. The second-order valence-corrected chi connectivity index (χ2v) is 9.58. The Labute approximate surface area is 185 Å². The molecule has 1 fully saturated rings. The normalized spacial score (nSPS) is 24.4. The van der Waals surface area contributed by atoms with Crippen molar-refractivity contribution in [3.05, 3.63) is 70.8 Å². The van der Waals surface area contributed by atoms with Gasteiger partial charge in [0.15, 0.2) is 0 Å². The fourth-order valence-electron chi connectivity index (χ4n) is 6.00. The molecule has 3 heteroatoms. The van der Waals surface area contributed by atoms with Crippen molar-refractivity contribution in [2.75, 3.05) is 18.0 Å². The van der Waals surface area contributed by atoms with E-state index in [4.69, 9.17) is 0 Å². The summed E-state index contributed by atoms with van der Waals surface area (Å²) < 4.78 is 0. The van der Waals surface area contributed by atoms with Crippen LogP contribution in [0, 0.1) is 11.8 Å². The molecule has 162 valence electrons. The lowest BCUT2D eigenvalue weighted by molar-refractivity contribution is -0.111. The van der Waals surface area contributed by atoms with Crippen LogP contribution < -0.4 is 4.90 Å². The van der Waals surface area contributed by atoms with Crippen molar-refractivity contribution in [2.45, 2.75) is 57.3 Å². The molecule has 0 saturated carbocycles. The van der Waals surface area contributed by atoms with Crippen LogP contribution in [0.1, 0.15) is 67.6 Å². The van der Waals surface area contributed by atoms with Gasteiger partial charge in [0.05, 0.1) is 0 Å². The Morgan fingerprint density at radius 2 is 1.74 bits per heavy atom. The van der Waals surface area contributed by atoms with Crippen molar-refractivity contribution in [1.29, 1.82) is 0 Å². The van der Waals surface area contributed by atoms with E-state index in [0.717, 1.165) is 45.1 Å². The first-order valence-electron chi connectivity index (χ1n) is 12.0. The summed E-state index contributed by atoms with van der Waals surface area (Å²) in [7, 11) is 0. The molecule has 0 unspecified atom stereocenters. The lowest BCUT2D eigenvalue weighted by Gasteiger charge is -2.37. The minimum absolute atomic E-state index is 0.232. The van der Waals surface area contributed by atoms with Crippen LogP contribution in [-0.2, 0) is 11.2 Å². The molecule has 2 atom stereocenters. The molecule has 3 aliphatic rings. The molecule has 31 heavy (non-hydrogen) atoms. The number of rotatable bonds is 4. The van der Waals surface area contributed by atoms with Crippen LogP contribution >= 0.6 is 0 Å². The highest BCUT2D eigenvalue weighted by Gasteiger charge is 2.33. The molecule has 5 rings (SSSR count). The Kier molecular flexibility index (Phi) is 5.85. The Bertz CT molecular complexity index is 953. The maximum absolute atomic E-state index is 11.1. The second-order valence-electron chi connectivity index (χ2n) is 9.58. The number of carbonyl (C=O) groups excluding carboxylic acids is 1. The third-order valence-corrected chi connectivity index (χ3v) is 7.74. The number of piperidine rings is 1. The molecule has 1 aliphatic heterocycles. The molecule has 0 spiro atoms. The van der Waals surface area contributed by atoms with E-state index in [9.17, 15) is 9.90 Å². The Morgan fingerprint density at radius 3 is 2.45 bits per heavy atom. The molecule has 3 nitrogen and oxygen atoms in total. The Balaban J connectivity index is 1.45. The predicted molar refractivity (Wildman–Crippen MR) is 126 cm³/mol. The summed E-state index contributed by atoms with van der Waals surface area (Å²) in [4.78, 5) is 13.5. The van der Waals surface area contributed by atoms with Crippen LogP contribution in [0.25, 0.3) is 0 Å². The Morgan fingerprint density at radius 1 is 0.935 bits per heavy atom. The van der Waals surface area contributed by atoms with Crippen molar-refractivity contribution in [3.63, 3.8) is 0 Å². The van der Waals surface area contributed by atoms with Crippen molar-refractivity contribution in [1.82, 2.24) is 0 Å². The van der Waals surface area contributed by atoms with E-state index in [1.165, 1.54) is 48.1 Å². The minimum atomic E-state index is 0.232. The summed E-state index contributed by atoms with van der Waals surface area (Å²) in [6.45, 7) is 1.92. The number of hydrogen-bond acceptors (Lipinski definition) is 3. The number of aldehydes is 1. The number of hydrogen-bond donors (Lipinski definition) is 1. The number of anilines is 1. The van der Waals surface area contributed by atoms with Gasteiger partial charge in [-0.05, 0) is 98.2 Å². The van der Waals surface area contributed by atoms with Crippen LogP contribution in [0.2, 0.25) is 0 Å². The van der Waals surface area contributed by atoms with E-state index in [1.807, 2.05) is 12.1 Å². The number of aromatic hydroxyl groups is 1. The minimum Gasteiger partial charge on any atom is -0.508 e. The van der Waals surface area contributed by atoms with Crippen molar-refractivity contribution in [2.24, 2.45) is 11.8 Å². The largest absolute Gasteiger partial charge is 0.508 e. The number of phenolic OH excluding ortho intramolecular Hbond substituents is 1. The smallest absolute Gasteiger partial charge is 0.123 e. The van der Waals surface area contributed by atoms with Gasteiger partial charge in [0, 0.05) is 30.6 Å². The Hall–Kier alpha value is -2.55. The molecule has 2 aromatic rings. The van der Waals surface area contributed by atoms with E-state index in [1.54, 1.807) is 5.57 Å². The number of carbonyl (C=O) groups is 1. The van der Waals surface area contributed by atoms with E-state index in [-0.39, 0.29) is 5.92 Å². The first-order valence-corrected chi connectivity index (χ1v) is 12.0. The van der Waals surface area contributed by atoms with Crippen LogP contribution in [0.3, 0.4) is 0 Å². The SMILES string of the molecule is O=CC1CCN(c2ccc([C@H]3c4ccc(O)cc4CC[C@H]3C3=CCCCC3)cc2)CC1. The van der Waals surface area contributed by atoms with Gasteiger partial charge in [0.2, 0.25) is 0 Å². The van der Waals surface area contributed by atoms with Crippen LogP contribution in [0.15, 0.2) is 54.1 Å². The van der Waals surface area contributed by atoms with E-state index >= 15 is 0 Å². The highest BCUT2D eigenvalue weighted by Crippen LogP contribution is 2.47. The summed E-state index contributed by atoms with van der Waals surface area (Å²) in [6, 6.07) is 15.2. The predicted octanol–water partition coefficient (Wildman–Crippen LogP) is 6.00. The van der Waals surface area contributed by atoms with Gasteiger partial charge in [0.1, 0.15) is 12.0 Å². The zero-order valence-electron chi connectivity index (χ0n) is 18.3. The van der Waals surface area contributed by atoms with Gasteiger partial charge in [-0.2, -0.15) is 0 Å². The van der Waals surface area contributed by atoms with Gasteiger partial charge >= 0.3 is 0 Å². The summed E-state index contributed by atoms with van der Waals surface area (Å²) in [5.41, 5.74) is 6.99. The van der Waals surface area contributed by atoms with Crippen LogP contribution in [-0.4, -0.2) is 24.5 Å². The molecule has 1 saturated heterocycles. The third kappa shape index (κ3) is 4.15. The number of allylic oxidation sites excluding steroid dienone is 2. The zero-order valence-corrected chi connectivity index (χ0v) is 18.3. The molecule has 0 aromatic heterocycles. The van der Waals surface area contributed by atoms with Gasteiger partial charge in [-0.3, -0.25) is 0 Å². The summed E-state index contributed by atoms with van der Waals surface area (Å²) in [5.74, 6) is 1.53. The fourth-order valence-corrected chi connectivity index (χ4v) is 6.00. The molecule has 0 radical (unpaired) electrons. The van der Waals surface area contributed by atoms with E-state index in [0.29, 0.717) is 17.6 Å². The van der Waals surface area contributed by atoms with Crippen molar-refractivity contribution < 1.29 is 9.90 Å². The molecule has 1 heterocycles. The topological polar surface area (TPSA) is 40.5 Å².